The third-order valence-electron chi connectivity index (χ3n) is 4.85. The van der Waals surface area contributed by atoms with E-state index < -0.39 is 41.9 Å². The van der Waals surface area contributed by atoms with Gasteiger partial charge in [-0.15, -0.1) is 0 Å². The van der Waals surface area contributed by atoms with Gasteiger partial charge in [0.2, 0.25) is 0 Å². The molecule has 1 aliphatic rings. The maximum absolute atomic E-state index is 12.7. The number of nitrogens with one attached hydrogen (secondary N) is 1. The van der Waals surface area contributed by atoms with Crippen LogP contribution in [-0.4, -0.2) is 46.5 Å². The largest absolute Gasteiger partial charge is 0.496 e. The van der Waals surface area contributed by atoms with Gasteiger partial charge in [-0.05, 0) is 30.2 Å². The van der Waals surface area contributed by atoms with Crippen LogP contribution in [0.5, 0.6) is 5.75 Å². The average Bonchev–Trinajstić information content (AvgIpc) is 2.95. The Hall–Kier alpha value is -2.65. The van der Waals surface area contributed by atoms with E-state index in [-0.39, 0.29) is 12.0 Å². The molecule has 3 rings (SSSR count). The second kappa shape index (κ2) is 7.76. The number of aliphatic hydroxyl groups excluding tert-OH is 2. The van der Waals surface area contributed by atoms with E-state index in [2.05, 4.69) is 10.3 Å². The SMILES string of the molecule is COc1ccccc1C(=O)NC1C(c2ccc(C(F)(F)F)nc2)CC(O)C1O. The molecule has 150 valence electrons. The van der Waals surface area contributed by atoms with Gasteiger partial charge in [0.25, 0.3) is 5.91 Å². The normalized spacial score (nSPS) is 24.8. The molecular formula is C19H19F3N2O4. The molecular weight excluding hydrogens is 377 g/mol. The molecule has 1 amide bonds. The van der Waals surface area contributed by atoms with Crippen LogP contribution in [0.3, 0.4) is 0 Å². The first kappa shape index (κ1) is 20.1. The Morgan fingerprint density at radius 2 is 1.93 bits per heavy atom. The Labute approximate surface area is 159 Å². The fourth-order valence-electron chi connectivity index (χ4n) is 3.41. The third kappa shape index (κ3) is 3.95. The molecule has 1 aromatic heterocycles. The minimum atomic E-state index is -4.56. The predicted octanol–water partition coefficient (Wildman–Crippen LogP) is 2.12. The highest BCUT2D eigenvalue weighted by Gasteiger charge is 2.44. The van der Waals surface area contributed by atoms with Crippen LogP contribution >= 0.6 is 0 Å². The molecule has 4 atom stereocenters. The molecule has 0 radical (unpaired) electrons. The number of rotatable bonds is 4. The van der Waals surface area contributed by atoms with Crippen LogP contribution in [0.25, 0.3) is 0 Å². The first-order valence-corrected chi connectivity index (χ1v) is 8.55. The van der Waals surface area contributed by atoms with Crippen LogP contribution < -0.4 is 10.1 Å². The first-order valence-electron chi connectivity index (χ1n) is 8.55. The zero-order valence-corrected chi connectivity index (χ0v) is 14.8. The van der Waals surface area contributed by atoms with E-state index in [0.29, 0.717) is 11.3 Å². The van der Waals surface area contributed by atoms with Crippen LogP contribution in [0.1, 0.15) is 34.0 Å². The number of nitrogens with zero attached hydrogens (tertiary/aromatic N) is 1. The van der Waals surface area contributed by atoms with Crippen molar-refractivity contribution in [3.63, 3.8) is 0 Å². The molecule has 1 aromatic carbocycles. The molecule has 6 nitrogen and oxygen atoms in total. The number of aromatic nitrogens is 1. The number of amides is 1. The summed E-state index contributed by atoms with van der Waals surface area (Å²) >= 11 is 0. The number of hydrogen-bond acceptors (Lipinski definition) is 5. The van der Waals surface area contributed by atoms with E-state index in [0.717, 1.165) is 12.3 Å². The van der Waals surface area contributed by atoms with Crippen molar-refractivity contribution in [3.8, 4) is 5.75 Å². The second-order valence-electron chi connectivity index (χ2n) is 6.57. The lowest BCUT2D eigenvalue weighted by Crippen LogP contribution is -2.45. The Bertz CT molecular complexity index is 842. The zero-order chi connectivity index (χ0) is 20.5. The van der Waals surface area contributed by atoms with Crippen molar-refractivity contribution in [1.82, 2.24) is 10.3 Å². The molecule has 3 N–H and O–H groups in total. The van der Waals surface area contributed by atoms with Crippen molar-refractivity contribution in [2.75, 3.05) is 7.11 Å². The minimum Gasteiger partial charge on any atom is -0.496 e. The Kier molecular flexibility index (Phi) is 5.57. The summed E-state index contributed by atoms with van der Waals surface area (Å²) in [5, 5.41) is 23.0. The molecule has 1 fully saturated rings. The van der Waals surface area contributed by atoms with E-state index in [1.807, 2.05) is 0 Å². The summed E-state index contributed by atoms with van der Waals surface area (Å²) in [5.74, 6) is -0.792. The van der Waals surface area contributed by atoms with Gasteiger partial charge < -0.3 is 20.3 Å². The number of benzene rings is 1. The van der Waals surface area contributed by atoms with Gasteiger partial charge in [-0.1, -0.05) is 18.2 Å². The molecule has 4 unspecified atom stereocenters. The molecule has 1 heterocycles. The Balaban J connectivity index is 1.84. The summed E-state index contributed by atoms with van der Waals surface area (Å²) in [6.45, 7) is 0. The van der Waals surface area contributed by atoms with Crippen molar-refractivity contribution < 1.29 is 32.9 Å². The zero-order valence-electron chi connectivity index (χ0n) is 14.8. The fourth-order valence-corrected chi connectivity index (χ4v) is 3.41. The molecule has 0 saturated heterocycles. The quantitative estimate of drug-likeness (QED) is 0.737. The lowest BCUT2D eigenvalue weighted by molar-refractivity contribution is -0.141. The summed E-state index contributed by atoms with van der Waals surface area (Å²) in [6, 6.07) is 7.67. The van der Waals surface area contributed by atoms with Crippen LogP contribution in [-0.2, 0) is 6.18 Å². The highest BCUT2D eigenvalue weighted by atomic mass is 19.4. The van der Waals surface area contributed by atoms with Crippen LogP contribution in [0, 0.1) is 0 Å². The molecule has 0 aliphatic heterocycles. The second-order valence-corrected chi connectivity index (χ2v) is 6.57. The van der Waals surface area contributed by atoms with Crippen molar-refractivity contribution in [2.45, 2.75) is 36.8 Å². The number of carbonyl (C=O) groups is 1. The number of hydrogen-bond donors (Lipinski definition) is 3. The molecule has 0 spiro atoms. The van der Waals surface area contributed by atoms with Gasteiger partial charge in [-0.2, -0.15) is 13.2 Å². The van der Waals surface area contributed by atoms with Crippen molar-refractivity contribution in [2.24, 2.45) is 0 Å². The van der Waals surface area contributed by atoms with E-state index in [4.69, 9.17) is 4.74 Å². The van der Waals surface area contributed by atoms with Crippen LogP contribution in [0.4, 0.5) is 13.2 Å². The highest BCUT2D eigenvalue weighted by molar-refractivity contribution is 5.97. The van der Waals surface area contributed by atoms with Gasteiger partial charge in [-0.25, -0.2) is 0 Å². The number of methoxy groups -OCH3 is 1. The van der Waals surface area contributed by atoms with E-state index in [9.17, 15) is 28.2 Å². The molecule has 0 bridgehead atoms. The fraction of sp³-hybridized carbons (Fsp3) is 0.368. The Morgan fingerprint density at radius 1 is 1.21 bits per heavy atom. The van der Waals surface area contributed by atoms with Crippen molar-refractivity contribution in [3.05, 3.63) is 59.4 Å². The maximum atomic E-state index is 12.7. The Morgan fingerprint density at radius 3 is 2.54 bits per heavy atom. The molecule has 1 aliphatic carbocycles. The number of aliphatic hydroxyl groups is 2. The topological polar surface area (TPSA) is 91.7 Å². The summed E-state index contributed by atoms with van der Waals surface area (Å²) in [4.78, 5) is 16.1. The van der Waals surface area contributed by atoms with Gasteiger partial charge in [0.1, 0.15) is 17.5 Å². The molecule has 9 heteroatoms. The smallest absolute Gasteiger partial charge is 0.433 e. The van der Waals surface area contributed by atoms with Crippen LogP contribution in [0.2, 0.25) is 0 Å². The van der Waals surface area contributed by atoms with Crippen molar-refractivity contribution >= 4 is 5.91 Å². The number of ether oxygens (including phenoxy) is 1. The molecule has 1 saturated carbocycles. The summed E-state index contributed by atoms with van der Waals surface area (Å²) in [7, 11) is 1.41. The number of pyridine rings is 1. The lowest BCUT2D eigenvalue weighted by Gasteiger charge is -2.24. The van der Waals surface area contributed by atoms with Gasteiger partial charge >= 0.3 is 6.18 Å². The minimum absolute atomic E-state index is 0.0745. The number of carbonyl (C=O) groups excluding carboxylic acids is 1. The van der Waals surface area contributed by atoms with E-state index in [1.54, 1.807) is 24.3 Å². The predicted molar refractivity (Wildman–Crippen MR) is 92.9 cm³/mol. The molecule has 28 heavy (non-hydrogen) atoms. The summed E-state index contributed by atoms with van der Waals surface area (Å²) in [5.41, 5.74) is -0.415. The lowest BCUT2D eigenvalue weighted by atomic mass is 9.94. The maximum Gasteiger partial charge on any atom is 0.433 e. The molecule has 2 aromatic rings. The third-order valence-corrected chi connectivity index (χ3v) is 4.85. The number of para-hydroxylation sites is 1. The van der Waals surface area contributed by atoms with Crippen LogP contribution in [0.15, 0.2) is 42.6 Å². The summed E-state index contributed by atoms with van der Waals surface area (Å²) < 4.78 is 43.3. The van der Waals surface area contributed by atoms with Gasteiger partial charge in [0.15, 0.2) is 0 Å². The van der Waals surface area contributed by atoms with E-state index in [1.165, 1.54) is 13.2 Å². The average molecular weight is 396 g/mol. The van der Waals surface area contributed by atoms with Gasteiger partial charge in [-0.3, -0.25) is 9.78 Å². The van der Waals surface area contributed by atoms with Gasteiger partial charge in [0.05, 0.1) is 24.8 Å². The van der Waals surface area contributed by atoms with Crippen molar-refractivity contribution in [1.29, 1.82) is 0 Å². The number of alkyl halides is 3. The standard InChI is InChI=1S/C19H19F3N2O4/c1-28-14-5-3-2-4-11(14)18(27)24-16-12(8-13(25)17(16)26)10-6-7-15(23-9-10)19(20,21)22/h2-7,9,12-13,16-17,25-26H,8H2,1H3,(H,24,27). The number of halogens is 3. The summed E-state index contributed by atoms with van der Waals surface area (Å²) in [6.07, 6.45) is -5.84. The first-order chi connectivity index (χ1) is 13.2. The van der Waals surface area contributed by atoms with Gasteiger partial charge in [0, 0.05) is 12.1 Å². The monoisotopic (exact) mass is 396 g/mol. The highest BCUT2D eigenvalue weighted by Crippen LogP contribution is 2.36. The van der Waals surface area contributed by atoms with E-state index >= 15 is 0 Å².